The molecule has 4 heteroatoms. The molecule has 4 rings (SSSR count). The highest BCUT2D eigenvalue weighted by Crippen LogP contribution is 2.22. The number of benzene rings is 3. The van der Waals surface area contributed by atoms with Crippen LogP contribution in [0.1, 0.15) is 12.0 Å². The van der Waals surface area contributed by atoms with E-state index in [4.69, 9.17) is 4.74 Å². The molecular formula is C24H22N2O2. The largest absolute Gasteiger partial charge is 0.491 e. The molecule has 1 aromatic heterocycles. The van der Waals surface area contributed by atoms with Gasteiger partial charge in [-0.25, -0.2) is 0 Å². The van der Waals surface area contributed by atoms with Gasteiger partial charge in [-0.1, -0.05) is 60.7 Å². The lowest BCUT2D eigenvalue weighted by Gasteiger charge is -2.09. The van der Waals surface area contributed by atoms with E-state index in [1.807, 2.05) is 48.5 Å². The molecule has 1 N–H and O–H groups in total. The quantitative estimate of drug-likeness (QED) is 0.487. The number of fused-ring (bicyclic) bond motifs is 2. The van der Waals surface area contributed by atoms with Gasteiger partial charge in [-0.2, -0.15) is 0 Å². The minimum Gasteiger partial charge on any atom is -0.491 e. The van der Waals surface area contributed by atoms with Crippen LogP contribution >= 0.6 is 0 Å². The average Bonchev–Trinajstić information content (AvgIpc) is 2.73. The van der Waals surface area contributed by atoms with Gasteiger partial charge >= 0.3 is 0 Å². The summed E-state index contributed by atoms with van der Waals surface area (Å²) in [7, 11) is 0. The monoisotopic (exact) mass is 370 g/mol. The van der Waals surface area contributed by atoms with E-state index in [2.05, 4.69) is 34.6 Å². The van der Waals surface area contributed by atoms with Gasteiger partial charge in [-0.15, -0.1) is 0 Å². The Hall–Kier alpha value is -3.40. The lowest BCUT2D eigenvalue weighted by Crippen LogP contribution is -2.27. The lowest BCUT2D eigenvalue weighted by atomic mass is 10.0. The van der Waals surface area contributed by atoms with Crippen molar-refractivity contribution in [2.45, 2.75) is 12.8 Å². The first-order chi connectivity index (χ1) is 13.8. The maximum Gasteiger partial charge on any atom is 0.224 e. The normalized spacial score (nSPS) is 10.9. The highest BCUT2D eigenvalue weighted by Gasteiger charge is 2.05. The second-order valence-corrected chi connectivity index (χ2v) is 6.74. The first-order valence-corrected chi connectivity index (χ1v) is 9.50. The second kappa shape index (κ2) is 8.53. The fraction of sp³-hybridized carbons (Fsp3) is 0.167. The molecule has 1 amide bonds. The highest BCUT2D eigenvalue weighted by molar-refractivity contribution is 5.85. The fourth-order valence-corrected chi connectivity index (χ4v) is 3.27. The molecule has 0 aliphatic carbocycles. The Bertz CT molecular complexity index is 1100. The van der Waals surface area contributed by atoms with Gasteiger partial charge in [-0.05, 0) is 34.9 Å². The summed E-state index contributed by atoms with van der Waals surface area (Å²) in [6.07, 6.45) is 2.90. The smallest absolute Gasteiger partial charge is 0.224 e. The molecular weight excluding hydrogens is 348 g/mol. The molecule has 0 bridgehead atoms. The maximum atomic E-state index is 12.2. The molecule has 0 saturated carbocycles. The lowest BCUT2D eigenvalue weighted by molar-refractivity contribution is -0.120. The van der Waals surface area contributed by atoms with E-state index in [0.717, 1.165) is 34.0 Å². The average molecular weight is 370 g/mol. The first-order valence-electron chi connectivity index (χ1n) is 9.50. The topological polar surface area (TPSA) is 51.2 Å². The van der Waals surface area contributed by atoms with Crippen LogP contribution in [0.15, 0.2) is 79.0 Å². The molecule has 0 aliphatic rings. The maximum absolute atomic E-state index is 12.2. The molecule has 140 valence electrons. The van der Waals surface area contributed by atoms with Gasteiger partial charge < -0.3 is 10.1 Å². The van der Waals surface area contributed by atoms with Crippen LogP contribution in [0.3, 0.4) is 0 Å². The summed E-state index contributed by atoms with van der Waals surface area (Å²) in [5.74, 6) is 0.808. The van der Waals surface area contributed by atoms with Gasteiger partial charge in [0.25, 0.3) is 0 Å². The van der Waals surface area contributed by atoms with Crippen LogP contribution in [0.25, 0.3) is 21.7 Å². The van der Waals surface area contributed by atoms with E-state index in [9.17, 15) is 4.79 Å². The minimum atomic E-state index is 0.0297. The van der Waals surface area contributed by atoms with Gasteiger partial charge in [0.2, 0.25) is 5.91 Å². The molecule has 4 aromatic rings. The summed E-state index contributed by atoms with van der Waals surface area (Å²) in [5, 5.41) is 6.37. The zero-order valence-electron chi connectivity index (χ0n) is 15.6. The fourth-order valence-electron chi connectivity index (χ4n) is 3.27. The van der Waals surface area contributed by atoms with Crippen LogP contribution in [0, 0.1) is 0 Å². The van der Waals surface area contributed by atoms with Crippen LogP contribution in [0.5, 0.6) is 5.75 Å². The number of para-hydroxylation sites is 1. The molecule has 4 nitrogen and oxygen atoms in total. The van der Waals surface area contributed by atoms with Crippen molar-refractivity contribution < 1.29 is 9.53 Å². The first kappa shape index (κ1) is 18.0. The third kappa shape index (κ3) is 4.29. The summed E-state index contributed by atoms with van der Waals surface area (Å²) in [6, 6.07) is 24.2. The molecule has 3 aromatic carbocycles. The molecule has 0 radical (unpaired) electrons. The predicted molar refractivity (Wildman–Crippen MR) is 113 cm³/mol. The third-order valence-corrected chi connectivity index (χ3v) is 4.68. The number of nitrogens with zero attached hydrogens (tertiary/aromatic N) is 1. The Morgan fingerprint density at radius 2 is 1.71 bits per heavy atom. The van der Waals surface area contributed by atoms with Gasteiger partial charge in [0.05, 0.1) is 13.0 Å². The SMILES string of the molecule is O=C(Cc1ccc2ccccc2c1)NCCCOc1cccc2cccnc12. The number of ether oxygens (including phenoxy) is 1. The highest BCUT2D eigenvalue weighted by atomic mass is 16.5. The van der Waals surface area contributed by atoms with Gasteiger partial charge in [-0.3, -0.25) is 9.78 Å². The Morgan fingerprint density at radius 3 is 2.64 bits per heavy atom. The Labute approximate surface area is 164 Å². The van der Waals surface area contributed by atoms with E-state index < -0.39 is 0 Å². The number of carbonyl (C=O) groups excluding carboxylic acids is 1. The van der Waals surface area contributed by atoms with Crippen molar-refractivity contribution in [1.82, 2.24) is 10.3 Å². The third-order valence-electron chi connectivity index (χ3n) is 4.68. The van der Waals surface area contributed by atoms with Crippen LogP contribution in [0.2, 0.25) is 0 Å². The van der Waals surface area contributed by atoms with Crippen molar-refractivity contribution in [2.75, 3.05) is 13.2 Å². The van der Waals surface area contributed by atoms with E-state index in [1.165, 1.54) is 5.39 Å². The van der Waals surface area contributed by atoms with Crippen LogP contribution in [-0.4, -0.2) is 24.0 Å². The van der Waals surface area contributed by atoms with Crippen molar-refractivity contribution >= 4 is 27.6 Å². The number of hydrogen-bond donors (Lipinski definition) is 1. The molecule has 0 unspecified atom stereocenters. The second-order valence-electron chi connectivity index (χ2n) is 6.74. The van der Waals surface area contributed by atoms with E-state index >= 15 is 0 Å². The summed E-state index contributed by atoms with van der Waals surface area (Å²) < 4.78 is 5.85. The summed E-state index contributed by atoms with van der Waals surface area (Å²) in [4.78, 5) is 16.6. The zero-order valence-corrected chi connectivity index (χ0v) is 15.6. The molecule has 0 spiro atoms. The number of aromatic nitrogens is 1. The number of nitrogens with one attached hydrogen (secondary N) is 1. The summed E-state index contributed by atoms with van der Waals surface area (Å²) in [6.45, 7) is 1.12. The number of rotatable bonds is 7. The number of amides is 1. The Morgan fingerprint density at radius 1 is 0.893 bits per heavy atom. The van der Waals surface area contributed by atoms with Crippen LogP contribution < -0.4 is 10.1 Å². The standard InChI is InChI=1S/C24H22N2O2/c27-23(17-18-11-12-19-6-1-2-7-21(19)16-18)25-14-5-15-28-22-10-3-8-20-9-4-13-26-24(20)22/h1-4,6-13,16H,5,14-15,17H2,(H,25,27). The van der Waals surface area contributed by atoms with Crippen LogP contribution in [-0.2, 0) is 11.2 Å². The van der Waals surface area contributed by atoms with Gasteiger partial charge in [0.1, 0.15) is 11.3 Å². The molecule has 0 aliphatic heterocycles. The van der Waals surface area contributed by atoms with Crippen molar-refractivity contribution in [2.24, 2.45) is 0 Å². The Balaban J connectivity index is 1.24. The van der Waals surface area contributed by atoms with E-state index in [1.54, 1.807) is 6.20 Å². The van der Waals surface area contributed by atoms with Crippen molar-refractivity contribution in [3.05, 3.63) is 84.6 Å². The molecule has 0 saturated heterocycles. The van der Waals surface area contributed by atoms with Gasteiger partial charge in [0, 0.05) is 18.1 Å². The van der Waals surface area contributed by atoms with Crippen molar-refractivity contribution in [3.8, 4) is 5.75 Å². The molecule has 0 atom stereocenters. The summed E-state index contributed by atoms with van der Waals surface area (Å²) in [5.41, 5.74) is 1.89. The number of carbonyl (C=O) groups is 1. The zero-order chi connectivity index (χ0) is 19.2. The van der Waals surface area contributed by atoms with Crippen molar-refractivity contribution in [3.63, 3.8) is 0 Å². The van der Waals surface area contributed by atoms with Crippen molar-refractivity contribution in [1.29, 1.82) is 0 Å². The minimum absolute atomic E-state index is 0.0297. The predicted octanol–water partition coefficient (Wildman–Crippen LogP) is 4.52. The molecule has 0 fully saturated rings. The van der Waals surface area contributed by atoms with Crippen LogP contribution in [0.4, 0.5) is 0 Å². The Kier molecular flexibility index (Phi) is 5.48. The number of pyridine rings is 1. The van der Waals surface area contributed by atoms with E-state index in [-0.39, 0.29) is 5.91 Å². The number of hydrogen-bond acceptors (Lipinski definition) is 3. The van der Waals surface area contributed by atoms with E-state index in [0.29, 0.717) is 19.6 Å². The molecule has 1 heterocycles. The van der Waals surface area contributed by atoms with Gasteiger partial charge in [0.15, 0.2) is 0 Å². The summed E-state index contributed by atoms with van der Waals surface area (Å²) >= 11 is 0. The molecule has 28 heavy (non-hydrogen) atoms.